The van der Waals surface area contributed by atoms with Crippen molar-refractivity contribution in [3.8, 4) is 0 Å². The number of aryl methyl sites for hydroxylation is 2. The summed E-state index contributed by atoms with van der Waals surface area (Å²) in [6, 6.07) is 6.98. The maximum Gasteiger partial charge on any atom is 0.433 e. The number of benzene rings is 1. The zero-order valence-corrected chi connectivity index (χ0v) is 16.8. The van der Waals surface area contributed by atoms with Gasteiger partial charge in [-0.1, -0.05) is 37.6 Å². The molecule has 0 aliphatic heterocycles. The number of nitrogens with zero attached hydrogens (tertiary/aromatic N) is 1. The molecule has 8 heteroatoms. The van der Waals surface area contributed by atoms with Gasteiger partial charge >= 0.3 is 6.18 Å². The van der Waals surface area contributed by atoms with Gasteiger partial charge in [-0.2, -0.15) is 13.2 Å². The van der Waals surface area contributed by atoms with Gasteiger partial charge in [0.25, 0.3) is 0 Å². The van der Waals surface area contributed by atoms with Crippen molar-refractivity contribution in [3.05, 3.63) is 57.9 Å². The van der Waals surface area contributed by atoms with Crippen LogP contribution in [0.3, 0.4) is 0 Å². The van der Waals surface area contributed by atoms with Gasteiger partial charge in [-0.3, -0.25) is 0 Å². The number of pyridine rings is 1. The molecule has 27 heavy (non-hydrogen) atoms. The van der Waals surface area contributed by atoms with Crippen molar-refractivity contribution in [2.24, 2.45) is 0 Å². The van der Waals surface area contributed by atoms with Gasteiger partial charge in [0.2, 0.25) is 0 Å². The molecule has 0 saturated carbocycles. The summed E-state index contributed by atoms with van der Waals surface area (Å²) >= 11 is 6.10. The lowest BCUT2D eigenvalue weighted by atomic mass is 9.97. The molecule has 2 aromatic rings. The lowest BCUT2D eigenvalue weighted by molar-refractivity contribution is -0.141. The summed E-state index contributed by atoms with van der Waals surface area (Å²) in [5.41, 5.74) is 0.785. The van der Waals surface area contributed by atoms with Gasteiger partial charge in [0.15, 0.2) is 9.84 Å². The number of alkyl halides is 3. The van der Waals surface area contributed by atoms with E-state index in [1.165, 1.54) is 25.1 Å². The van der Waals surface area contributed by atoms with Crippen LogP contribution >= 0.6 is 11.6 Å². The quantitative estimate of drug-likeness (QED) is 0.613. The second-order valence-corrected chi connectivity index (χ2v) is 9.00. The van der Waals surface area contributed by atoms with Crippen LogP contribution < -0.4 is 0 Å². The first kappa shape index (κ1) is 21.7. The van der Waals surface area contributed by atoms with Gasteiger partial charge in [0.1, 0.15) is 5.69 Å². The molecule has 1 aromatic heterocycles. The Morgan fingerprint density at radius 1 is 1.19 bits per heavy atom. The minimum atomic E-state index is -4.50. The molecule has 1 heterocycles. The summed E-state index contributed by atoms with van der Waals surface area (Å²) < 4.78 is 63.3. The Bertz CT molecular complexity index is 927. The van der Waals surface area contributed by atoms with Crippen LogP contribution in [0.1, 0.15) is 48.7 Å². The molecule has 0 fully saturated rings. The summed E-state index contributed by atoms with van der Waals surface area (Å²) in [6.07, 6.45) is -3.53. The van der Waals surface area contributed by atoms with Crippen LogP contribution in [-0.2, 0) is 22.4 Å². The Hall–Kier alpha value is -1.60. The van der Waals surface area contributed by atoms with E-state index < -0.39 is 21.7 Å². The van der Waals surface area contributed by atoms with Gasteiger partial charge in [-0.25, -0.2) is 13.4 Å². The predicted molar refractivity (Wildman–Crippen MR) is 99.9 cm³/mol. The third kappa shape index (κ3) is 5.23. The van der Waals surface area contributed by atoms with Crippen molar-refractivity contribution >= 4 is 21.4 Å². The van der Waals surface area contributed by atoms with Crippen molar-refractivity contribution in [1.82, 2.24) is 4.98 Å². The lowest BCUT2D eigenvalue weighted by Gasteiger charge is -2.16. The minimum absolute atomic E-state index is 0.129. The second kappa shape index (κ2) is 8.19. The van der Waals surface area contributed by atoms with Crippen molar-refractivity contribution in [3.63, 3.8) is 0 Å². The first-order valence-electron chi connectivity index (χ1n) is 8.51. The van der Waals surface area contributed by atoms with E-state index >= 15 is 0 Å². The molecule has 3 nitrogen and oxygen atoms in total. The molecule has 0 bridgehead atoms. The molecule has 1 aromatic carbocycles. The smallest absolute Gasteiger partial charge is 0.248 e. The fraction of sp³-hybridized carbons (Fsp3) is 0.421. The molecule has 0 N–H and O–H groups in total. The maximum atomic E-state index is 12.7. The largest absolute Gasteiger partial charge is 0.433 e. The lowest BCUT2D eigenvalue weighted by Crippen LogP contribution is -2.13. The zero-order chi connectivity index (χ0) is 20.4. The minimum Gasteiger partial charge on any atom is -0.248 e. The second-order valence-electron chi connectivity index (χ2n) is 6.48. The van der Waals surface area contributed by atoms with Crippen molar-refractivity contribution in [2.75, 3.05) is 5.75 Å². The maximum absolute atomic E-state index is 12.7. The third-order valence-electron chi connectivity index (χ3n) is 4.53. The summed E-state index contributed by atoms with van der Waals surface area (Å²) in [4.78, 5) is 3.76. The summed E-state index contributed by atoms with van der Waals surface area (Å²) in [7, 11) is -3.54. The van der Waals surface area contributed by atoms with Crippen LogP contribution in [-0.4, -0.2) is 19.2 Å². The Labute approximate surface area is 162 Å². The highest BCUT2D eigenvalue weighted by Gasteiger charge is 2.33. The average molecular weight is 420 g/mol. The van der Waals surface area contributed by atoms with E-state index in [0.717, 1.165) is 11.6 Å². The Kier molecular flexibility index (Phi) is 6.58. The van der Waals surface area contributed by atoms with E-state index in [0.29, 0.717) is 17.0 Å². The molecule has 1 unspecified atom stereocenters. The van der Waals surface area contributed by atoms with E-state index in [2.05, 4.69) is 4.98 Å². The molecule has 0 aliphatic rings. The zero-order valence-electron chi connectivity index (χ0n) is 15.3. The first-order valence-corrected chi connectivity index (χ1v) is 10.5. The van der Waals surface area contributed by atoms with Crippen LogP contribution in [0.2, 0.25) is 5.02 Å². The highest BCUT2D eigenvalue weighted by molar-refractivity contribution is 7.91. The number of sulfone groups is 1. The molecule has 0 aliphatic carbocycles. The van der Waals surface area contributed by atoms with Crippen LogP contribution in [0, 0.1) is 6.92 Å². The van der Waals surface area contributed by atoms with E-state index in [9.17, 15) is 21.6 Å². The van der Waals surface area contributed by atoms with Crippen molar-refractivity contribution in [1.29, 1.82) is 0 Å². The van der Waals surface area contributed by atoms with Gasteiger partial charge in [-0.05, 0) is 55.0 Å². The number of aromatic nitrogens is 1. The normalized spacial score (nSPS) is 13.6. The van der Waals surface area contributed by atoms with E-state index in [-0.39, 0.29) is 28.7 Å². The Balaban J connectivity index is 2.14. The number of halogens is 4. The molecule has 0 spiro atoms. The molecule has 2 rings (SSSR count). The molecule has 0 amide bonds. The monoisotopic (exact) mass is 419 g/mol. The topological polar surface area (TPSA) is 47.0 Å². The van der Waals surface area contributed by atoms with Crippen LogP contribution in [0.5, 0.6) is 0 Å². The molecular weight excluding hydrogens is 399 g/mol. The van der Waals surface area contributed by atoms with Crippen LogP contribution in [0.15, 0.2) is 35.2 Å². The highest BCUT2D eigenvalue weighted by Crippen LogP contribution is 2.31. The molecule has 1 atom stereocenters. The Morgan fingerprint density at radius 2 is 1.85 bits per heavy atom. The highest BCUT2D eigenvalue weighted by atomic mass is 35.5. The van der Waals surface area contributed by atoms with Crippen LogP contribution in [0.4, 0.5) is 13.2 Å². The van der Waals surface area contributed by atoms with Crippen LogP contribution in [0.25, 0.3) is 0 Å². The number of hydrogen-bond donors (Lipinski definition) is 0. The van der Waals surface area contributed by atoms with E-state index in [4.69, 9.17) is 11.6 Å². The fourth-order valence-electron chi connectivity index (χ4n) is 2.86. The molecule has 0 saturated heterocycles. The van der Waals surface area contributed by atoms with Gasteiger partial charge in [0.05, 0.1) is 10.6 Å². The third-order valence-corrected chi connectivity index (χ3v) is 6.63. The SMILES string of the molecule is CCc1ccc(S(=O)(=O)CCC(C)c2ccc(C(F)(F)F)nc2C)cc1Cl. The summed E-state index contributed by atoms with van der Waals surface area (Å²) in [6.45, 7) is 5.20. The number of rotatable bonds is 6. The summed E-state index contributed by atoms with van der Waals surface area (Å²) in [5, 5.41) is 0.411. The van der Waals surface area contributed by atoms with Crippen molar-refractivity contribution < 1.29 is 21.6 Å². The first-order chi connectivity index (χ1) is 12.5. The van der Waals surface area contributed by atoms with Gasteiger partial charge < -0.3 is 0 Å². The van der Waals surface area contributed by atoms with Gasteiger partial charge in [0, 0.05) is 10.7 Å². The molecule has 148 valence electrons. The fourth-order valence-corrected chi connectivity index (χ4v) is 4.72. The molecule has 0 radical (unpaired) electrons. The molecular formula is C19H21ClF3NO2S. The van der Waals surface area contributed by atoms with E-state index in [1.807, 2.05) is 6.92 Å². The Morgan fingerprint density at radius 3 is 2.37 bits per heavy atom. The average Bonchev–Trinajstić information content (AvgIpc) is 2.58. The standard InChI is InChI=1S/C19H21ClF3NO2S/c1-4-14-5-6-15(11-17(14)20)27(25,26)10-9-12(2)16-7-8-18(19(21,22)23)24-13(16)3/h5-8,11-12H,4,9-10H2,1-3H3. The van der Waals surface area contributed by atoms with Gasteiger partial charge in [-0.15, -0.1) is 0 Å². The van der Waals surface area contributed by atoms with E-state index in [1.54, 1.807) is 13.0 Å². The predicted octanol–water partition coefficient (Wildman–Crippen LogP) is 5.59. The summed E-state index contributed by atoms with van der Waals surface area (Å²) in [5.74, 6) is -0.379. The van der Waals surface area contributed by atoms with Crippen molar-refractivity contribution in [2.45, 2.75) is 50.6 Å². The number of hydrogen-bond acceptors (Lipinski definition) is 3.